The smallest absolute Gasteiger partial charge is 0.320 e. The average Bonchev–Trinajstić information content (AvgIpc) is 2.89. The fraction of sp³-hybridized carbons (Fsp3) is 0.812. The molecule has 1 rings (SSSR count). The number of methoxy groups -OCH3 is 1. The fourth-order valence-electron chi connectivity index (χ4n) is 3.31. The first kappa shape index (κ1) is 22.7. The average molecular weight is 365 g/mol. The molecule has 0 aliphatic carbocycles. The van der Waals surface area contributed by atoms with Gasteiger partial charge in [-0.3, -0.25) is 19.3 Å². The molecule has 1 aliphatic rings. The number of carbonyl (C=O) groups excluding carboxylic acids is 2. The summed E-state index contributed by atoms with van der Waals surface area (Å²) in [4.78, 5) is 36.3. The van der Waals surface area contributed by atoms with Crippen molar-refractivity contribution in [2.45, 2.75) is 52.1 Å². The molecule has 0 aromatic carbocycles. The summed E-state index contributed by atoms with van der Waals surface area (Å²) in [5.74, 6) is -1.64. The Kier molecular flexibility index (Phi) is 9.92. The minimum absolute atomic E-state index is 0. The van der Waals surface area contributed by atoms with E-state index >= 15 is 0 Å². The van der Waals surface area contributed by atoms with E-state index in [1.54, 1.807) is 0 Å². The van der Waals surface area contributed by atoms with Gasteiger partial charge in [0.1, 0.15) is 6.04 Å². The molecule has 1 amide bonds. The molecule has 8 heteroatoms. The van der Waals surface area contributed by atoms with Crippen LogP contribution in [0.3, 0.4) is 0 Å². The van der Waals surface area contributed by atoms with E-state index in [-0.39, 0.29) is 42.7 Å². The first-order chi connectivity index (χ1) is 10.8. The number of likely N-dealkylation sites (tertiary alicyclic amines) is 1. The van der Waals surface area contributed by atoms with Crippen molar-refractivity contribution in [3.63, 3.8) is 0 Å². The number of carbonyl (C=O) groups is 3. The van der Waals surface area contributed by atoms with Gasteiger partial charge >= 0.3 is 11.9 Å². The third kappa shape index (κ3) is 6.28. The van der Waals surface area contributed by atoms with Gasteiger partial charge in [-0.15, -0.1) is 12.4 Å². The van der Waals surface area contributed by atoms with Crippen LogP contribution in [-0.4, -0.2) is 60.1 Å². The first-order valence-electron chi connectivity index (χ1n) is 8.11. The minimum atomic E-state index is -0.918. The van der Waals surface area contributed by atoms with E-state index in [2.05, 4.69) is 12.2 Å². The number of rotatable bonds is 8. The van der Waals surface area contributed by atoms with Crippen LogP contribution >= 0.6 is 12.4 Å². The molecule has 1 saturated heterocycles. The van der Waals surface area contributed by atoms with Crippen molar-refractivity contribution in [2.24, 2.45) is 11.8 Å². The molecule has 24 heavy (non-hydrogen) atoms. The third-order valence-electron chi connectivity index (χ3n) is 4.49. The van der Waals surface area contributed by atoms with Crippen LogP contribution < -0.4 is 5.32 Å². The summed E-state index contributed by atoms with van der Waals surface area (Å²) in [6.45, 7) is 6.40. The lowest BCUT2D eigenvalue weighted by Gasteiger charge is -2.30. The third-order valence-corrected chi connectivity index (χ3v) is 4.49. The number of ether oxygens (including phenoxy) is 1. The van der Waals surface area contributed by atoms with Crippen molar-refractivity contribution in [1.29, 1.82) is 0 Å². The normalized spacial score (nSPS) is 23.0. The van der Waals surface area contributed by atoms with Crippen LogP contribution in [0.5, 0.6) is 0 Å². The molecular weight excluding hydrogens is 336 g/mol. The van der Waals surface area contributed by atoms with Gasteiger partial charge in [-0.1, -0.05) is 13.3 Å². The van der Waals surface area contributed by atoms with E-state index in [1.165, 1.54) is 14.0 Å². The molecule has 7 nitrogen and oxygen atoms in total. The lowest BCUT2D eigenvalue weighted by molar-refractivity contribution is -0.145. The molecule has 0 bridgehead atoms. The van der Waals surface area contributed by atoms with Gasteiger partial charge in [0.15, 0.2) is 0 Å². The van der Waals surface area contributed by atoms with Crippen LogP contribution in [-0.2, 0) is 19.1 Å². The molecule has 1 fully saturated rings. The Labute approximate surface area is 149 Å². The zero-order chi connectivity index (χ0) is 17.6. The molecule has 0 spiro atoms. The van der Waals surface area contributed by atoms with E-state index in [1.807, 2.05) is 11.8 Å². The molecule has 1 aliphatic heterocycles. The van der Waals surface area contributed by atoms with Gasteiger partial charge in [0.25, 0.3) is 0 Å². The Bertz CT molecular complexity index is 446. The molecule has 2 N–H and O–H groups in total. The van der Waals surface area contributed by atoms with Gasteiger partial charge in [-0.25, -0.2) is 0 Å². The summed E-state index contributed by atoms with van der Waals surface area (Å²) in [6, 6.07) is -0.720. The van der Waals surface area contributed by atoms with E-state index < -0.39 is 17.9 Å². The van der Waals surface area contributed by atoms with Crippen LogP contribution in [0.15, 0.2) is 0 Å². The number of halogens is 1. The highest BCUT2D eigenvalue weighted by molar-refractivity contribution is 5.85. The summed E-state index contributed by atoms with van der Waals surface area (Å²) in [7, 11) is 1.32. The van der Waals surface area contributed by atoms with Crippen molar-refractivity contribution < 1.29 is 24.2 Å². The van der Waals surface area contributed by atoms with Crippen molar-refractivity contribution >= 4 is 30.3 Å². The lowest BCUT2D eigenvalue weighted by Crippen LogP contribution is -2.45. The molecular formula is C16H29ClN2O5. The molecule has 4 unspecified atom stereocenters. The summed E-state index contributed by atoms with van der Waals surface area (Å²) in [5.41, 5.74) is 0. The highest BCUT2D eigenvalue weighted by Crippen LogP contribution is 2.27. The summed E-state index contributed by atoms with van der Waals surface area (Å²) >= 11 is 0. The predicted octanol–water partition coefficient (Wildman–Crippen LogP) is 1.30. The van der Waals surface area contributed by atoms with E-state index in [0.717, 1.165) is 12.8 Å². The van der Waals surface area contributed by atoms with Crippen LogP contribution in [0.25, 0.3) is 0 Å². The fourth-order valence-corrected chi connectivity index (χ4v) is 3.31. The quantitative estimate of drug-likeness (QED) is 0.630. The van der Waals surface area contributed by atoms with Gasteiger partial charge in [0.2, 0.25) is 5.91 Å². The number of amides is 1. The first-order valence-corrected chi connectivity index (χ1v) is 8.11. The van der Waals surface area contributed by atoms with E-state index in [9.17, 15) is 19.5 Å². The van der Waals surface area contributed by atoms with Crippen molar-refractivity contribution in [2.75, 3.05) is 20.2 Å². The van der Waals surface area contributed by atoms with Gasteiger partial charge in [-0.2, -0.15) is 0 Å². The second kappa shape index (κ2) is 10.5. The molecule has 0 saturated carbocycles. The lowest BCUT2D eigenvalue weighted by atomic mass is 9.95. The van der Waals surface area contributed by atoms with Crippen molar-refractivity contribution in [3.8, 4) is 0 Å². The van der Waals surface area contributed by atoms with Crippen molar-refractivity contribution in [3.05, 3.63) is 0 Å². The zero-order valence-electron chi connectivity index (χ0n) is 14.8. The number of nitrogens with one attached hydrogen (secondary N) is 1. The number of nitrogens with zero attached hydrogens (tertiary/aromatic N) is 1. The van der Waals surface area contributed by atoms with Gasteiger partial charge in [0, 0.05) is 26.1 Å². The minimum Gasteiger partial charge on any atom is -0.480 e. The monoisotopic (exact) mass is 364 g/mol. The standard InChI is InChI=1S/C16H28N2O5.ClH/c1-5-6-12(10(2)17-11(3)19)8-18-9-13(16(22)23-4)7-14(18)15(20)21;/h10,12-14H,5-9H2,1-4H3,(H,17,19)(H,20,21);1H. The number of esters is 1. The Hall–Kier alpha value is -1.34. The molecule has 0 radical (unpaired) electrons. The Morgan fingerprint density at radius 2 is 2.00 bits per heavy atom. The number of hydrogen-bond acceptors (Lipinski definition) is 5. The maximum atomic E-state index is 11.7. The SMILES string of the molecule is CCCC(CN1CC(C(=O)OC)CC1C(=O)O)C(C)NC(C)=O.Cl. The summed E-state index contributed by atoms with van der Waals surface area (Å²) < 4.78 is 4.75. The van der Waals surface area contributed by atoms with Crippen LogP contribution in [0.4, 0.5) is 0 Å². The maximum absolute atomic E-state index is 11.7. The number of carboxylic acids is 1. The van der Waals surface area contributed by atoms with E-state index in [0.29, 0.717) is 13.1 Å². The van der Waals surface area contributed by atoms with Crippen LogP contribution in [0.2, 0.25) is 0 Å². The van der Waals surface area contributed by atoms with Crippen molar-refractivity contribution in [1.82, 2.24) is 10.2 Å². The zero-order valence-corrected chi connectivity index (χ0v) is 15.6. The second-order valence-electron chi connectivity index (χ2n) is 6.30. The van der Waals surface area contributed by atoms with Gasteiger partial charge in [-0.05, 0) is 25.7 Å². The topological polar surface area (TPSA) is 95.9 Å². The maximum Gasteiger partial charge on any atom is 0.320 e. The Morgan fingerprint density at radius 3 is 2.46 bits per heavy atom. The predicted molar refractivity (Wildman–Crippen MR) is 92.0 cm³/mol. The van der Waals surface area contributed by atoms with Gasteiger partial charge in [0.05, 0.1) is 13.0 Å². The van der Waals surface area contributed by atoms with E-state index in [4.69, 9.17) is 4.74 Å². The number of hydrogen-bond donors (Lipinski definition) is 2. The Balaban J connectivity index is 0.00000529. The Morgan fingerprint density at radius 1 is 1.38 bits per heavy atom. The molecule has 4 atom stereocenters. The molecule has 0 aromatic rings. The molecule has 1 heterocycles. The summed E-state index contributed by atoms with van der Waals surface area (Å²) in [6.07, 6.45) is 2.10. The molecule has 0 aromatic heterocycles. The van der Waals surface area contributed by atoms with Crippen LogP contribution in [0, 0.1) is 11.8 Å². The van der Waals surface area contributed by atoms with Crippen LogP contribution in [0.1, 0.15) is 40.0 Å². The highest BCUT2D eigenvalue weighted by Gasteiger charge is 2.41. The number of aliphatic carboxylic acids is 1. The van der Waals surface area contributed by atoms with Gasteiger partial charge < -0.3 is 15.2 Å². The summed E-state index contributed by atoms with van der Waals surface area (Å²) in [5, 5.41) is 12.3. The second-order valence-corrected chi connectivity index (χ2v) is 6.30. The highest BCUT2D eigenvalue weighted by atomic mass is 35.5. The molecule has 140 valence electrons. The largest absolute Gasteiger partial charge is 0.480 e. The number of carboxylic acid groups (broad SMARTS) is 1.